The largest absolute Gasteiger partial charge is 0.444 e. The molecule has 1 atom stereocenters. The van der Waals surface area contributed by atoms with Crippen LogP contribution in [-0.2, 0) is 11.3 Å². The van der Waals surface area contributed by atoms with E-state index < -0.39 is 11.7 Å². The van der Waals surface area contributed by atoms with Crippen LogP contribution in [0.4, 0.5) is 4.79 Å². The maximum absolute atomic E-state index is 12.1. The Bertz CT molecular complexity index is 613. The number of carbonyl (C=O) groups is 1. The van der Waals surface area contributed by atoms with Crippen molar-refractivity contribution in [2.24, 2.45) is 10.9 Å². The number of rotatable bonds is 6. The van der Waals surface area contributed by atoms with Crippen molar-refractivity contribution in [3.05, 3.63) is 16.1 Å². The fourth-order valence-electron chi connectivity index (χ4n) is 2.30. The van der Waals surface area contributed by atoms with Crippen molar-refractivity contribution in [3.8, 4) is 0 Å². The summed E-state index contributed by atoms with van der Waals surface area (Å²) in [4.78, 5) is 22.9. The number of alkyl carbamates (subject to hydrolysis) is 1. The van der Waals surface area contributed by atoms with Crippen LogP contribution in [0.3, 0.4) is 0 Å². The van der Waals surface area contributed by atoms with Gasteiger partial charge in [-0.2, -0.15) is 0 Å². The van der Waals surface area contributed by atoms with Crippen LogP contribution in [0.25, 0.3) is 0 Å². The minimum absolute atomic E-state index is 0. The van der Waals surface area contributed by atoms with Crippen LogP contribution in [0, 0.1) is 12.8 Å². The Labute approximate surface area is 184 Å². The number of amides is 1. The Morgan fingerprint density at radius 1 is 1.41 bits per heavy atom. The fraction of sp³-hybridized carbons (Fsp3) is 0.722. The van der Waals surface area contributed by atoms with E-state index >= 15 is 0 Å². The third kappa shape index (κ3) is 10.1. The molecule has 27 heavy (non-hydrogen) atoms. The maximum atomic E-state index is 12.1. The molecular formula is C18H34IN5O2S. The summed E-state index contributed by atoms with van der Waals surface area (Å²) in [5, 5.41) is 9.37. The number of carbonyl (C=O) groups excluding carboxylic acids is 1. The molecule has 1 heterocycles. The van der Waals surface area contributed by atoms with Gasteiger partial charge in [-0.05, 0) is 33.6 Å². The molecule has 1 rings (SSSR count). The molecule has 2 N–H and O–H groups in total. The van der Waals surface area contributed by atoms with E-state index in [0.29, 0.717) is 13.1 Å². The second kappa shape index (κ2) is 11.7. The summed E-state index contributed by atoms with van der Waals surface area (Å²) in [5.41, 5.74) is 0.506. The van der Waals surface area contributed by atoms with E-state index in [2.05, 4.69) is 39.8 Å². The van der Waals surface area contributed by atoms with Crippen LogP contribution in [0.5, 0.6) is 0 Å². The zero-order chi connectivity index (χ0) is 19.9. The number of nitrogens with one attached hydrogen (secondary N) is 2. The van der Waals surface area contributed by atoms with Gasteiger partial charge < -0.3 is 20.3 Å². The van der Waals surface area contributed by atoms with E-state index in [1.807, 2.05) is 39.6 Å². The van der Waals surface area contributed by atoms with Gasteiger partial charge in [0.05, 0.1) is 23.3 Å². The van der Waals surface area contributed by atoms with E-state index in [4.69, 9.17) is 4.74 Å². The predicted octanol–water partition coefficient (Wildman–Crippen LogP) is 3.63. The monoisotopic (exact) mass is 511 g/mol. The fourth-order valence-corrected chi connectivity index (χ4v) is 2.90. The second-order valence-electron chi connectivity index (χ2n) is 7.64. The van der Waals surface area contributed by atoms with Gasteiger partial charge in [-0.15, -0.1) is 35.3 Å². The number of thiazole rings is 1. The molecule has 0 saturated heterocycles. The quantitative estimate of drug-likeness (QED) is 0.347. The minimum Gasteiger partial charge on any atom is -0.444 e. The SMILES string of the molecule is CN=C(NCC(NC(=O)OC(C)(C)C)C(C)C)N(C)Cc1csc(C)n1.I. The zero-order valence-electron chi connectivity index (χ0n) is 17.6. The molecule has 0 radical (unpaired) electrons. The Morgan fingerprint density at radius 2 is 2.04 bits per heavy atom. The molecule has 1 aromatic rings. The van der Waals surface area contributed by atoms with E-state index in [9.17, 15) is 4.79 Å². The molecule has 9 heteroatoms. The number of ether oxygens (including phenoxy) is 1. The lowest BCUT2D eigenvalue weighted by molar-refractivity contribution is 0.0491. The van der Waals surface area contributed by atoms with Crippen molar-refractivity contribution in [2.45, 2.75) is 59.7 Å². The molecule has 1 unspecified atom stereocenters. The van der Waals surface area contributed by atoms with Gasteiger partial charge in [0.1, 0.15) is 5.60 Å². The van der Waals surface area contributed by atoms with Gasteiger partial charge in [-0.3, -0.25) is 4.99 Å². The summed E-state index contributed by atoms with van der Waals surface area (Å²) >= 11 is 1.64. The van der Waals surface area contributed by atoms with Crippen LogP contribution < -0.4 is 10.6 Å². The number of hydrogen-bond donors (Lipinski definition) is 2. The van der Waals surface area contributed by atoms with Crippen molar-refractivity contribution in [1.29, 1.82) is 0 Å². The smallest absolute Gasteiger partial charge is 0.407 e. The molecule has 0 aliphatic carbocycles. The third-order valence-corrected chi connectivity index (χ3v) is 4.45. The first-order valence-electron chi connectivity index (χ1n) is 8.84. The van der Waals surface area contributed by atoms with Crippen molar-refractivity contribution in [2.75, 3.05) is 20.6 Å². The van der Waals surface area contributed by atoms with Gasteiger partial charge in [-0.25, -0.2) is 9.78 Å². The first-order chi connectivity index (χ1) is 12.0. The lowest BCUT2D eigenvalue weighted by Crippen LogP contribution is -2.50. The van der Waals surface area contributed by atoms with E-state index in [-0.39, 0.29) is 35.9 Å². The molecule has 0 bridgehead atoms. The molecule has 0 saturated carbocycles. The van der Waals surface area contributed by atoms with Crippen LogP contribution in [0.2, 0.25) is 0 Å². The Kier molecular flexibility index (Phi) is 11.2. The average molecular weight is 511 g/mol. The summed E-state index contributed by atoms with van der Waals surface area (Å²) < 4.78 is 5.35. The van der Waals surface area contributed by atoms with Gasteiger partial charge in [0, 0.05) is 26.0 Å². The normalized spacial score (nSPS) is 13.0. The van der Waals surface area contributed by atoms with Crippen molar-refractivity contribution in [1.82, 2.24) is 20.5 Å². The lowest BCUT2D eigenvalue weighted by atomic mass is 10.0. The van der Waals surface area contributed by atoms with Gasteiger partial charge in [-0.1, -0.05) is 13.8 Å². The number of nitrogens with zero attached hydrogens (tertiary/aromatic N) is 3. The second-order valence-corrected chi connectivity index (χ2v) is 8.70. The van der Waals surface area contributed by atoms with Crippen molar-refractivity contribution >= 4 is 47.4 Å². The van der Waals surface area contributed by atoms with Gasteiger partial charge >= 0.3 is 6.09 Å². The van der Waals surface area contributed by atoms with E-state index in [1.165, 1.54) is 0 Å². The van der Waals surface area contributed by atoms with Crippen molar-refractivity contribution < 1.29 is 9.53 Å². The third-order valence-electron chi connectivity index (χ3n) is 3.63. The number of aliphatic imine (C=N–C) groups is 1. The van der Waals surface area contributed by atoms with E-state index in [0.717, 1.165) is 16.7 Å². The van der Waals surface area contributed by atoms with E-state index in [1.54, 1.807) is 18.4 Å². The Morgan fingerprint density at radius 3 is 2.48 bits per heavy atom. The van der Waals surface area contributed by atoms with Crippen molar-refractivity contribution in [3.63, 3.8) is 0 Å². The molecule has 0 fully saturated rings. The summed E-state index contributed by atoms with van der Waals surface area (Å²) in [6, 6.07) is -0.0727. The number of aryl methyl sites for hydroxylation is 1. The first-order valence-corrected chi connectivity index (χ1v) is 9.72. The zero-order valence-corrected chi connectivity index (χ0v) is 20.8. The predicted molar refractivity (Wildman–Crippen MR) is 123 cm³/mol. The topological polar surface area (TPSA) is 78.8 Å². The molecule has 1 amide bonds. The maximum Gasteiger partial charge on any atom is 0.407 e. The van der Waals surface area contributed by atoms with Crippen LogP contribution in [-0.4, -0.2) is 54.2 Å². The van der Waals surface area contributed by atoms with Crippen LogP contribution in [0.15, 0.2) is 10.4 Å². The summed E-state index contributed by atoms with van der Waals surface area (Å²) in [5.74, 6) is 1.01. The summed E-state index contributed by atoms with van der Waals surface area (Å²) in [7, 11) is 3.71. The van der Waals surface area contributed by atoms with Gasteiger partial charge in [0.15, 0.2) is 5.96 Å². The molecule has 0 spiro atoms. The highest BCUT2D eigenvalue weighted by atomic mass is 127. The first kappa shape index (κ1) is 25.9. The highest BCUT2D eigenvalue weighted by Crippen LogP contribution is 2.10. The molecule has 7 nitrogen and oxygen atoms in total. The molecule has 0 aromatic carbocycles. The molecule has 156 valence electrons. The highest BCUT2D eigenvalue weighted by molar-refractivity contribution is 14.0. The van der Waals surface area contributed by atoms with Gasteiger partial charge in [0.2, 0.25) is 0 Å². The molecular weight excluding hydrogens is 477 g/mol. The minimum atomic E-state index is -0.513. The lowest BCUT2D eigenvalue weighted by Gasteiger charge is -2.28. The number of aromatic nitrogens is 1. The van der Waals surface area contributed by atoms with Crippen LogP contribution >= 0.6 is 35.3 Å². The average Bonchev–Trinajstić information content (AvgIpc) is 2.89. The summed E-state index contributed by atoms with van der Waals surface area (Å²) in [6.45, 7) is 12.9. The van der Waals surface area contributed by atoms with Crippen LogP contribution in [0.1, 0.15) is 45.3 Å². The Hall–Kier alpha value is -1.10. The number of guanidine groups is 1. The summed E-state index contributed by atoms with van der Waals surface area (Å²) in [6.07, 6.45) is -0.403. The Balaban J connectivity index is 0.00000676. The highest BCUT2D eigenvalue weighted by Gasteiger charge is 2.22. The molecule has 0 aliphatic rings. The number of hydrogen-bond acceptors (Lipinski definition) is 5. The van der Waals surface area contributed by atoms with Gasteiger partial charge in [0.25, 0.3) is 0 Å². The molecule has 1 aromatic heterocycles. The molecule has 0 aliphatic heterocycles. The number of halogens is 1. The standard InChI is InChI=1S/C18H33N5O2S.HI/c1-12(2)15(22-17(24)25-18(4,5)6)9-20-16(19-7)23(8)10-14-11-26-13(3)21-14;/h11-12,15H,9-10H2,1-8H3,(H,19,20)(H,22,24);1H.